The van der Waals surface area contributed by atoms with E-state index in [-0.39, 0.29) is 30.1 Å². The van der Waals surface area contributed by atoms with Crippen molar-refractivity contribution in [1.82, 2.24) is 15.4 Å². The number of benzene rings is 1. The van der Waals surface area contributed by atoms with Crippen molar-refractivity contribution >= 4 is 40.0 Å². The Morgan fingerprint density at radius 2 is 2.00 bits per heavy atom. The van der Waals surface area contributed by atoms with Crippen LogP contribution >= 0.6 is 24.0 Å². The molecule has 1 unspecified atom stereocenters. The Bertz CT molecular complexity index is 682. The molecule has 1 aromatic rings. The summed E-state index contributed by atoms with van der Waals surface area (Å²) in [6, 6.07) is 8.02. The van der Waals surface area contributed by atoms with Crippen molar-refractivity contribution in [3.63, 3.8) is 0 Å². The van der Waals surface area contributed by atoms with Crippen LogP contribution in [-0.4, -0.2) is 52.4 Å². The van der Waals surface area contributed by atoms with Gasteiger partial charge in [-0.2, -0.15) is 0 Å². The SMILES string of the molecule is CN=C(NCC1Cc2ccccc2O1)NCC(C)(C)NS(C)(=O)=O.I. The third-order valence-electron chi connectivity index (χ3n) is 3.59. The lowest BCUT2D eigenvalue weighted by Crippen LogP contribution is -2.53. The molecule has 1 aliphatic heterocycles. The molecule has 0 amide bonds. The fourth-order valence-corrected chi connectivity index (χ4v) is 3.72. The number of halogens is 1. The van der Waals surface area contributed by atoms with Gasteiger partial charge in [0.05, 0.1) is 12.8 Å². The lowest BCUT2D eigenvalue weighted by molar-refractivity contribution is 0.235. The van der Waals surface area contributed by atoms with Crippen LogP contribution in [0.3, 0.4) is 0 Å². The van der Waals surface area contributed by atoms with Crippen LogP contribution in [0.15, 0.2) is 29.3 Å². The van der Waals surface area contributed by atoms with E-state index in [1.165, 1.54) is 5.56 Å². The highest BCUT2D eigenvalue weighted by atomic mass is 127. The first-order valence-electron chi connectivity index (χ1n) is 7.86. The molecule has 0 saturated carbocycles. The molecule has 0 saturated heterocycles. The topological polar surface area (TPSA) is 91.8 Å². The van der Waals surface area contributed by atoms with Gasteiger partial charge in [-0.15, -0.1) is 24.0 Å². The first kappa shape index (κ1) is 22.0. The van der Waals surface area contributed by atoms with Gasteiger partial charge < -0.3 is 15.4 Å². The molecule has 0 spiro atoms. The molecule has 25 heavy (non-hydrogen) atoms. The summed E-state index contributed by atoms with van der Waals surface area (Å²) in [4.78, 5) is 4.16. The highest BCUT2D eigenvalue weighted by Gasteiger charge is 2.24. The first-order valence-corrected chi connectivity index (χ1v) is 9.76. The smallest absolute Gasteiger partial charge is 0.209 e. The number of nitrogens with zero attached hydrogens (tertiary/aromatic N) is 1. The molecule has 2 rings (SSSR count). The molecule has 1 aliphatic rings. The third kappa shape index (κ3) is 7.37. The van der Waals surface area contributed by atoms with Gasteiger partial charge in [0.15, 0.2) is 5.96 Å². The molecule has 142 valence electrons. The van der Waals surface area contributed by atoms with Crippen molar-refractivity contribution in [3.8, 4) is 5.75 Å². The van der Waals surface area contributed by atoms with Gasteiger partial charge in [-0.1, -0.05) is 18.2 Å². The maximum atomic E-state index is 11.4. The molecule has 1 aromatic carbocycles. The zero-order valence-corrected chi connectivity index (χ0v) is 18.1. The Labute approximate surface area is 167 Å². The highest BCUT2D eigenvalue weighted by molar-refractivity contribution is 14.0. The second-order valence-corrected chi connectivity index (χ2v) is 8.36. The lowest BCUT2D eigenvalue weighted by atomic mass is 10.1. The number of guanidine groups is 1. The molecule has 0 fully saturated rings. The molecular weight excluding hydrogens is 455 g/mol. The molecule has 0 aromatic heterocycles. The van der Waals surface area contributed by atoms with Crippen LogP contribution < -0.4 is 20.1 Å². The van der Waals surface area contributed by atoms with Crippen molar-refractivity contribution in [1.29, 1.82) is 0 Å². The van der Waals surface area contributed by atoms with Gasteiger partial charge in [-0.3, -0.25) is 4.99 Å². The zero-order chi connectivity index (χ0) is 17.8. The maximum Gasteiger partial charge on any atom is 0.209 e. The standard InChI is InChI=1S/C16H26N4O3S.HI/c1-16(2,20-24(4,21)22)11-19-15(17-3)18-10-13-9-12-7-5-6-8-14(12)23-13;/h5-8,13,20H,9-11H2,1-4H3,(H2,17,18,19);1H. The van der Waals surface area contributed by atoms with E-state index in [1.54, 1.807) is 7.05 Å². The van der Waals surface area contributed by atoms with E-state index in [1.807, 2.05) is 32.0 Å². The largest absolute Gasteiger partial charge is 0.488 e. The Hall–Kier alpha value is -1.07. The average Bonchev–Trinajstić information content (AvgIpc) is 2.87. The second kappa shape index (κ2) is 9.04. The quantitative estimate of drug-likeness (QED) is 0.321. The van der Waals surface area contributed by atoms with Crippen LogP contribution in [0.2, 0.25) is 0 Å². The molecule has 1 heterocycles. The van der Waals surface area contributed by atoms with Gasteiger partial charge in [-0.05, 0) is 25.5 Å². The van der Waals surface area contributed by atoms with E-state index in [9.17, 15) is 8.42 Å². The van der Waals surface area contributed by atoms with E-state index in [0.717, 1.165) is 18.4 Å². The summed E-state index contributed by atoms with van der Waals surface area (Å²) in [6.45, 7) is 4.65. The minimum Gasteiger partial charge on any atom is -0.488 e. The summed E-state index contributed by atoms with van der Waals surface area (Å²) in [5.74, 6) is 1.55. The van der Waals surface area contributed by atoms with E-state index in [4.69, 9.17) is 4.74 Å². The Kier molecular flexibility index (Phi) is 7.94. The summed E-state index contributed by atoms with van der Waals surface area (Å²) in [6.07, 6.45) is 2.07. The number of fused-ring (bicyclic) bond motifs is 1. The van der Waals surface area contributed by atoms with Crippen molar-refractivity contribution < 1.29 is 13.2 Å². The summed E-state index contributed by atoms with van der Waals surface area (Å²) >= 11 is 0. The molecule has 0 bridgehead atoms. The molecule has 0 aliphatic carbocycles. The summed E-state index contributed by atoms with van der Waals surface area (Å²) in [5.41, 5.74) is 0.594. The fourth-order valence-electron chi connectivity index (χ4n) is 2.64. The van der Waals surface area contributed by atoms with E-state index >= 15 is 0 Å². The molecule has 7 nitrogen and oxygen atoms in total. The van der Waals surface area contributed by atoms with Crippen molar-refractivity contribution in [2.24, 2.45) is 4.99 Å². The lowest BCUT2D eigenvalue weighted by Gasteiger charge is -2.26. The van der Waals surface area contributed by atoms with Gasteiger partial charge in [0.1, 0.15) is 11.9 Å². The Morgan fingerprint density at radius 3 is 2.60 bits per heavy atom. The molecule has 3 N–H and O–H groups in total. The normalized spacial score (nSPS) is 17.3. The maximum absolute atomic E-state index is 11.4. The predicted molar refractivity (Wildman–Crippen MR) is 111 cm³/mol. The van der Waals surface area contributed by atoms with Crippen LogP contribution in [0.25, 0.3) is 0 Å². The Morgan fingerprint density at radius 1 is 1.32 bits per heavy atom. The minimum absolute atomic E-state index is 0. The third-order valence-corrected chi connectivity index (χ3v) is 4.52. The average molecular weight is 482 g/mol. The van der Waals surface area contributed by atoms with Gasteiger partial charge >= 0.3 is 0 Å². The van der Waals surface area contributed by atoms with Crippen LogP contribution in [0.4, 0.5) is 0 Å². The van der Waals surface area contributed by atoms with Gasteiger partial charge in [0, 0.05) is 25.6 Å². The first-order chi connectivity index (χ1) is 11.2. The van der Waals surface area contributed by atoms with Gasteiger partial charge in [0.25, 0.3) is 0 Å². The van der Waals surface area contributed by atoms with Crippen LogP contribution in [0.1, 0.15) is 19.4 Å². The van der Waals surface area contributed by atoms with E-state index in [2.05, 4.69) is 26.4 Å². The van der Waals surface area contributed by atoms with Crippen LogP contribution in [-0.2, 0) is 16.4 Å². The summed E-state index contributed by atoms with van der Waals surface area (Å²) in [7, 11) is -1.59. The zero-order valence-electron chi connectivity index (χ0n) is 15.0. The van der Waals surface area contributed by atoms with Gasteiger partial charge in [-0.25, -0.2) is 13.1 Å². The number of ether oxygens (including phenoxy) is 1. The van der Waals surface area contributed by atoms with E-state index < -0.39 is 15.6 Å². The van der Waals surface area contributed by atoms with Gasteiger partial charge in [0.2, 0.25) is 10.0 Å². The molecule has 1 atom stereocenters. The summed E-state index contributed by atoms with van der Waals surface area (Å²) < 4.78 is 31.2. The van der Waals surface area contributed by atoms with Crippen molar-refractivity contribution in [2.75, 3.05) is 26.4 Å². The van der Waals surface area contributed by atoms with Crippen molar-refractivity contribution in [3.05, 3.63) is 29.8 Å². The highest BCUT2D eigenvalue weighted by Crippen LogP contribution is 2.27. The predicted octanol–water partition coefficient (Wildman–Crippen LogP) is 1.10. The number of sulfonamides is 1. The van der Waals surface area contributed by atoms with Crippen LogP contribution in [0, 0.1) is 0 Å². The van der Waals surface area contributed by atoms with Crippen molar-refractivity contribution in [2.45, 2.75) is 31.9 Å². The number of nitrogens with one attached hydrogen (secondary N) is 3. The number of hydrogen-bond acceptors (Lipinski definition) is 4. The second-order valence-electron chi connectivity index (χ2n) is 6.62. The monoisotopic (exact) mass is 482 g/mol. The summed E-state index contributed by atoms with van der Waals surface area (Å²) in [5, 5.41) is 6.35. The van der Waals surface area contributed by atoms with Crippen LogP contribution in [0.5, 0.6) is 5.75 Å². The number of hydrogen-bond donors (Lipinski definition) is 3. The minimum atomic E-state index is -3.26. The fraction of sp³-hybridized carbons (Fsp3) is 0.562. The molecule has 9 heteroatoms. The number of rotatable bonds is 6. The Balaban J connectivity index is 0.00000312. The number of para-hydroxylation sites is 1. The molecular formula is C16H27IN4O3S. The molecule has 0 radical (unpaired) electrons. The van der Waals surface area contributed by atoms with E-state index in [0.29, 0.717) is 19.0 Å². The number of aliphatic imine (C=N–C) groups is 1.